The number of nitrogens with zero attached hydrogens (tertiary/aromatic N) is 3. The minimum absolute atomic E-state index is 0.0241. The van der Waals surface area contributed by atoms with Crippen LogP contribution in [0.25, 0.3) is 10.9 Å². The Labute approximate surface area is 177 Å². The summed E-state index contributed by atoms with van der Waals surface area (Å²) in [5.41, 5.74) is 0.656. The van der Waals surface area contributed by atoms with Crippen LogP contribution in [0.1, 0.15) is 39.0 Å². The Morgan fingerprint density at radius 2 is 2.03 bits per heavy atom. The van der Waals surface area contributed by atoms with Crippen molar-refractivity contribution >= 4 is 28.6 Å². The molecule has 0 saturated heterocycles. The number of thioether (sulfide) groups is 1. The van der Waals surface area contributed by atoms with Gasteiger partial charge in [-0.3, -0.25) is 14.2 Å². The van der Waals surface area contributed by atoms with Gasteiger partial charge >= 0.3 is 0 Å². The molecule has 0 aliphatic heterocycles. The van der Waals surface area contributed by atoms with E-state index in [1.807, 2.05) is 38.4 Å². The van der Waals surface area contributed by atoms with Gasteiger partial charge in [0.1, 0.15) is 0 Å². The Balaban J connectivity index is 1.74. The third kappa shape index (κ3) is 5.82. The zero-order valence-electron chi connectivity index (χ0n) is 17.7. The molecular weight excluding hydrogens is 384 g/mol. The van der Waals surface area contributed by atoms with E-state index in [1.165, 1.54) is 31.0 Å². The number of carbonyl (C=O) groups excluding carboxylic acids is 1. The molecule has 1 aromatic carbocycles. The van der Waals surface area contributed by atoms with Crippen LogP contribution in [0.2, 0.25) is 0 Å². The van der Waals surface area contributed by atoms with Gasteiger partial charge in [-0.05, 0) is 58.0 Å². The maximum atomic E-state index is 13.0. The Morgan fingerprint density at radius 1 is 1.28 bits per heavy atom. The molecule has 0 radical (unpaired) electrons. The van der Waals surface area contributed by atoms with Crippen molar-refractivity contribution < 1.29 is 4.79 Å². The summed E-state index contributed by atoms with van der Waals surface area (Å²) in [5, 5.41) is 4.44. The highest BCUT2D eigenvalue weighted by Crippen LogP contribution is 2.24. The van der Waals surface area contributed by atoms with Crippen molar-refractivity contribution in [1.29, 1.82) is 0 Å². The van der Waals surface area contributed by atoms with Gasteiger partial charge in [0, 0.05) is 12.6 Å². The van der Waals surface area contributed by atoms with Gasteiger partial charge in [0.2, 0.25) is 5.91 Å². The lowest BCUT2D eigenvalue weighted by Gasteiger charge is -2.29. The number of aromatic nitrogens is 2. The summed E-state index contributed by atoms with van der Waals surface area (Å²) < 4.78 is 1.73. The second-order valence-corrected chi connectivity index (χ2v) is 9.19. The Bertz CT molecular complexity index is 896. The molecule has 1 heterocycles. The number of fused-ring (bicyclic) bond motifs is 1. The van der Waals surface area contributed by atoms with E-state index in [0.717, 1.165) is 19.4 Å². The van der Waals surface area contributed by atoms with Crippen molar-refractivity contribution in [3.05, 3.63) is 34.6 Å². The highest BCUT2D eigenvalue weighted by molar-refractivity contribution is 7.99. The van der Waals surface area contributed by atoms with Crippen LogP contribution < -0.4 is 10.9 Å². The first-order valence-electron chi connectivity index (χ1n) is 10.5. The van der Waals surface area contributed by atoms with Crippen molar-refractivity contribution in [1.82, 2.24) is 19.8 Å². The lowest BCUT2D eigenvalue weighted by molar-refractivity contribution is -0.119. The zero-order chi connectivity index (χ0) is 20.8. The van der Waals surface area contributed by atoms with E-state index in [2.05, 4.69) is 17.1 Å². The summed E-state index contributed by atoms with van der Waals surface area (Å²) in [6.45, 7) is 3.70. The second-order valence-electron chi connectivity index (χ2n) is 8.25. The van der Waals surface area contributed by atoms with E-state index in [-0.39, 0.29) is 23.3 Å². The molecule has 6 nitrogen and oxygen atoms in total. The van der Waals surface area contributed by atoms with Crippen molar-refractivity contribution in [3.63, 3.8) is 0 Å². The predicted octanol–water partition coefficient (Wildman–Crippen LogP) is 3.14. The maximum Gasteiger partial charge on any atom is 0.262 e. The number of amides is 1. The van der Waals surface area contributed by atoms with Crippen molar-refractivity contribution in [2.24, 2.45) is 5.92 Å². The molecule has 1 saturated carbocycles. The van der Waals surface area contributed by atoms with Crippen LogP contribution in [-0.4, -0.2) is 52.8 Å². The fourth-order valence-corrected chi connectivity index (χ4v) is 4.75. The molecule has 0 bridgehead atoms. The van der Waals surface area contributed by atoms with Crippen molar-refractivity contribution in [2.45, 2.75) is 56.8 Å². The van der Waals surface area contributed by atoms with Crippen LogP contribution >= 0.6 is 11.8 Å². The van der Waals surface area contributed by atoms with Crippen LogP contribution in [0.3, 0.4) is 0 Å². The van der Waals surface area contributed by atoms with E-state index < -0.39 is 0 Å². The molecule has 1 amide bonds. The van der Waals surface area contributed by atoms with Crippen LogP contribution in [-0.2, 0) is 11.3 Å². The van der Waals surface area contributed by atoms with Gasteiger partial charge in [-0.25, -0.2) is 4.98 Å². The molecule has 0 spiro atoms. The Hall–Kier alpha value is -1.86. The summed E-state index contributed by atoms with van der Waals surface area (Å²) >= 11 is 1.36. The van der Waals surface area contributed by atoms with Gasteiger partial charge in [0.15, 0.2) is 5.16 Å². The van der Waals surface area contributed by atoms with E-state index >= 15 is 0 Å². The van der Waals surface area contributed by atoms with Crippen LogP contribution in [0, 0.1) is 5.92 Å². The number of nitrogens with one attached hydrogen (secondary N) is 1. The summed E-state index contributed by atoms with van der Waals surface area (Å²) in [6, 6.07) is 7.69. The molecular formula is C22H32N4O2S. The van der Waals surface area contributed by atoms with Crippen LogP contribution in [0.5, 0.6) is 0 Å². The Kier molecular flexibility index (Phi) is 7.72. The number of rotatable bonds is 8. The number of hydrogen-bond acceptors (Lipinski definition) is 5. The standard InChI is InChI=1S/C22H32N4O2S/c1-16-9-4-6-11-18(16)23-20(27)15-29-22-24-19-12-7-5-10-17(19)21(28)26(22)14-8-13-25(2)3/h5,7,10,12,16,18H,4,6,8-9,11,13-15H2,1-3H3,(H,23,27)/t16-,18-/m0/s1. The lowest BCUT2D eigenvalue weighted by Crippen LogP contribution is -2.42. The average Bonchev–Trinajstić information content (AvgIpc) is 2.70. The van der Waals surface area contributed by atoms with Crippen molar-refractivity contribution in [3.8, 4) is 0 Å². The molecule has 2 atom stereocenters. The van der Waals surface area contributed by atoms with Gasteiger partial charge < -0.3 is 10.2 Å². The van der Waals surface area contributed by atoms with Gasteiger partial charge in [0.05, 0.1) is 16.7 Å². The lowest BCUT2D eigenvalue weighted by atomic mass is 9.86. The summed E-state index contributed by atoms with van der Waals surface area (Å²) in [4.78, 5) is 32.4. The van der Waals surface area contributed by atoms with Crippen LogP contribution in [0.4, 0.5) is 0 Å². The van der Waals surface area contributed by atoms with Gasteiger partial charge in [0.25, 0.3) is 5.56 Å². The fourth-order valence-electron chi connectivity index (χ4n) is 3.91. The molecule has 1 aliphatic rings. The predicted molar refractivity (Wildman–Crippen MR) is 119 cm³/mol. The molecule has 1 fully saturated rings. The molecule has 158 valence electrons. The molecule has 2 aromatic rings. The summed E-state index contributed by atoms with van der Waals surface area (Å²) in [5.74, 6) is 0.832. The van der Waals surface area contributed by atoms with Crippen molar-refractivity contribution in [2.75, 3.05) is 26.4 Å². The third-order valence-corrected chi connectivity index (χ3v) is 6.58. The first-order chi connectivity index (χ1) is 14.0. The zero-order valence-corrected chi connectivity index (χ0v) is 18.5. The normalized spacial score (nSPS) is 19.6. The second kappa shape index (κ2) is 10.3. The highest BCUT2D eigenvalue weighted by Gasteiger charge is 2.23. The largest absolute Gasteiger partial charge is 0.352 e. The minimum Gasteiger partial charge on any atom is -0.352 e. The minimum atomic E-state index is -0.0295. The Morgan fingerprint density at radius 3 is 2.79 bits per heavy atom. The number of para-hydroxylation sites is 1. The first kappa shape index (κ1) is 21.8. The monoisotopic (exact) mass is 416 g/mol. The highest BCUT2D eigenvalue weighted by atomic mass is 32.2. The molecule has 0 unspecified atom stereocenters. The third-order valence-electron chi connectivity index (χ3n) is 5.60. The van der Waals surface area contributed by atoms with E-state index in [9.17, 15) is 9.59 Å². The topological polar surface area (TPSA) is 67.2 Å². The number of hydrogen-bond donors (Lipinski definition) is 1. The SMILES string of the molecule is C[C@H]1CCCC[C@@H]1NC(=O)CSc1nc2ccccc2c(=O)n1CCCN(C)C. The van der Waals surface area contributed by atoms with E-state index in [1.54, 1.807) is 4.57 Å². The van der Waals surface area contributed by atoms with Gasteiger partial charge in [-0.1, -0.05) is 43.7 Å². The summed E-state index contributed by atoms with van der Waals surface area (Å²) in [7, 11) is 4.04. The average molecular weight is 417 g/mol. The molecule has 29 heavy (non-hydrogen) atoms. The molecule has 7 heteroatoms. The van der Waals surface area contributed by atoms with Gasteiger partial charge in [-0.2, -0.15) is 0 Å². The molecule has 1 aliphatic carbocycles. The molecule has 1 aromatic heterocycles. The summed E-state index contributed by atoms with van der Waals surface area (Å²) in [6.07, 6.45) is 5.52. The maximum absolute atomic E-state index is 13.0. The van der Waals surface area contributed by atoms with Crippen LogP contribution in [0.15, 0.2) is 34.2 Å². The fraction of sp³-hybridized carbons (Fsp3) is 0.591. The van der Waals surface area contributed by atoms with Gasteiger partial charge in [-0.15, -0.1) is 0 Å². The smallest absolute Gasteiger partial charge is 0.262 e. The quantitative estimate of drug-likeness (QED) is 0.529. The molecule has 3 rings (SSSR count). The van der Waals surface area contributed by atoms with E-state index in [4.69, 9.17) is 4.98 Å². The molecule has 1 N–H and O–H groups in total. The number of carbonyl (C=O) groups is 1. The first-order valence-corrected chi connectivity index (χ1v) is 11.5. The number of benzene rings is 1. The van der Waals surface area contributed by atoms with E-state index in [0.29, 0.717) is 28.5 Å².